The third kappa shape index (κ3) is 50.9. The summed E-state index contributed by atoms with van der Waals surface area (Å²) in [5.41, 5.74) is 0. The SMILES string of the molecule is CC/C=C\C/C=C\C/C=C\C/C=C\C/C=C\CC(CC(=O)NC(CO)C(O)CCCCCCCCCCCCCCCCCCC)OC(=O)CCCCC/C=C\C/C=C\C/C=C\C/C=C\CCCCC. The number of aliphatic hydroxyl groups is 2. The van der Waals surface area contributed by atoms with Gasteiger partial charge in [-0.2, -0.15) is 0 Å². The highest BCUT2D eigenvalue weighted by Gasteiger charge is 2.23. The first-order valence-corrected chi connectivity index (χ1v) is 29.1. The number of ether oxygens (including phenoxy) is 1. The highest BCUT2D eigenvalue weighted by atomic mass is 16.5. The molecule has 3 unspecified atom stereocenters. The molecule has 0 aromatic carbocycles. The Hall–Kier alpha value is -3.48. The second-order valence-corrected chi connectivity index (χ2v) is 19.3. The van der Waals surface area contributed by atoms with Gasteiger partial charge in [-0.3, -0.25) is 9.59 Å². The van der Waals surface area contributed by atoms with Crippen molar-refractivity contribution in [1.82, 2.24) is 5.32 Å². The summed E-state index contributed by atoms with van der Waals surface area (Å²) in [4.78, 5) is 26.2. The Bertz CT molecular complexity index is 1420. The summed E-state index contributed by atoms with van der Waals surface area (Å²) in [6.45, 7) is 6.32. The molecule has 0 aromatic rings. The molecule has 0 bridgehead atoms. The Morgan fingerprint density at radius 3 is 1.23 bits per heavy atom. The minimum absolute atomic E-state index is 0.0194. The smallest absolute Gasteiger partial charge is 0.306 e. The van der Waals surface area contributed by atoms with Crippen LogP contribution >= 0.6 is 0 Å². The zero-order valence-electron chi connectivity index (χ0n) is 45.6. The van der Waals surface area contributed by atoms with Crippen LogP contribution in [0.25, 0.3) is 0 Å². The van der Waals surface area contributed by atoms with E-state index in [9.17, 15) is 19.8 Å². The lowest BCUT2D eigenvalue weighted by Gasteiger charge is -2.24. The topological polar surface area (TPSA) is 95.9 Å². The van der Waals surface area contributed by atoms with E-state index in [4.69, 9.17) is 4.74 Å². The largest absolute Gasteiger partial charge is 0.461 e. The van der Waals surface area contributed by atoms with Crippen LogP contribution in [0.2, 0.25) is 0 Å². The van der Waals surface area contributed by atoms with Gasteiger partial charge in [-0.1, -0.05) is 259 Å². The van der Waals surface area contributed by atoms with E-state index in [-0.39, 0.29) is 24.9 Å². The molecule has 0 aliphatic rings. The van der Waals surface area contributed by atoms with Crippen LogP contribution in [0.15, 0.2) is 109 Å². The number of carbonyl (C=O) groups is 2. The number of unbranched alkanes of at least 4 members (excludes halogenated alkanes) is 22. The summed E-state index contributed by atoms with van der Waals surface area (Å²) >= 11 is 0. The zero-order valence-corrected chi connectivity index (χ0v) is 45.6. The summed E-state index contributed by atoms with van der Waals surface area (Å²) in [6, 6.07) is -0.747. The molecule has 0 aliphatic heterocycles. The maximum Gasteiger partial charge on any atom is 0.306 e. The molecule has 6 nitrogen and oxygen atoms in total. The van der Waals surface area contributed by atoms with Gasteiger partial charge in [0, 0.05) is 12.8 Å². The van der Waals surface area contributed by atoms with E-state index in [1.54, 1.807) is 0 Å². The number of rotatable bonds is 51. The number of hydrogen-bond acceptors (Lipinski definition) is 5. The molecular weight excluding hydrogens is 863 g/mol. The normalized spacial score (nSPS) is 14.0. The lowest BCUT2D eigenvalue weighted by atomic mass is 10.0. The Morgan fingerprint density at radius 1 is 0.443 bits per heavy atom. The molecule has 0 spiro atoms. The van der Waals surface area contributed by atoms with E-state index in [0.29, 0.717) is 19.3 Å². The van der Waals surface area contributed by atoms with E-state index >= 15 is 0 Å². The van der Waals surface area contributed by atoms with E-state index in [2.05, 4.69) is 123 Å². The molecule has 0 radical (unpaired) electrons. The number of carbonyl (C=O) groups excluding carboxylic acids is 2. The van der Waals surface area contributed by atoms with Crippen molar-refractivity contribution in [3.63, 3.8) is 0 Å². The molecule has 0 heterocycles. The van der Waals surface area contributed by atoms with Crippen LogP contribution in [0.3, 0.4) is 0 Å². The molecule has 6 heteroatoms. The molecule has 0 aromatic heterocycles. The minimum Gasteiger partial charge on any atom is -0.461 e. The van der Waals surface area contributed by atoms with Crippen molar-refractivity contribution in [2.45, 2.75) is 277 Å². The number of amides is 1. The van der Waals surface area contributed by atoms with Gasteiger partial charge in [0.15, 0.2) is 0 Å². The maximum absolute atomic E-state index is 13.3. The van der Waals surface area contributed by atoms with Crippen molar-refractivity contribution in [3.8, 4) is 0 Å². The van der Waals surface area contributed by atoms with Crippen molar-refractivity contribution < 1.29 is 24.5 Å². The van der Waals surface area contributed by atoms with E-state index in [0.717, 1.165) is 96.3 Å². The van der Waals surface area contributed by atoms with Gasteiger partial charge in [0.25, 0.3) is 0 Å². The van der Waals surface area contributed by atoms with E-state index < -0.39 is 18.2 Å². The molecule has 3 atom stereocenters. The highest BCUT2D eigenvalue weighted by molar-refractivity contribution is 5.77. The predicted molar refractivity (Wildman–Crippen MR) is 305 cm³/mol. The maximum atomic E-state index is 13.3. The van der Waals surface area contributed by atoms with Crippen LogP contribution < -0.4 is 5.32 Å². The van der Waals surface area contributed by atoms with E-state index in [1.807, 2.05) is 12.2 Å². The summed E-state index contributed by atoms with van der Waals surface area (Å²) < 4.78 is 5.88. The summed E-state index contributed by atoms with van der Waals surface area (Å²) in [5.74, 6) is -0.620. The number of aliphatic hydroxyl groups excluding tert-OH is 2. The fraction of sp³-hybridized carbons (Fsp3) is 0.688. The standard InChI is InChI=1S/C64H109NO5/c1-4-7-10-13-16-19-22-25-28-30-31-33-36-39-42-45-48-51-54-57-64(69)70-60(55-52-49-46-43-40-37-34-27-24-21-18-15-12-9-6-3)58-63(68)65-61(59-66)62(67)56-53-50-47-44-41-38-35-32-29-26-23-20-17-14-11-8-5-2/h9,12,16,18-19,21,25,27-28,31,33-34,39-40,42-43,49,52,60-62,66-67H,4-8,10-11,13-15,17,20,22-24,26,29-30,32,35-38,41,44-48,50-51,53-59H2,1-3H3,(H,65,68)/b12-9-,19-16-,21-18-,28-25-,33-31-,34-27-,42-39-,43-40-,52-49-. The Labute approximate surface area is 432 Å². The molecule has 0 aliphatic carbocycles. The number of hydrogen-bond donors (Lipinski definition) is 3. The van der Waals surface area contributed by atoms with Crippen LogP contribution in [-0.2, 0) is 14.3 Å². The van der Waals surface area contributed by atoms with Gasteiger partial charge in [-0.15, -0.1) is 0 Å². The van der Waals surface area contributed by atoms with Crippen LogP contribution in [-0.4, -0.2) is 46.9 Å². The molecule has 0 saturated heterocycles. The van der Waals surface area contributed by atoms with Crippen molar-refractivity contribution in [3.05, 3.63) is 109 Å². The molecular formula is C64H109NO5. The number of esters is 1. The fourth-order valence-electron chi connectivity index (χ4n) is 8.20. The van der Waals surface area contributed by atoms with Gasteiger partial charge < -0.3 is 20.3 Å². The van der Waals surface area contributed by atoms with Crippen molar-refractivity contribution >= 4 is 11.9 Å². The first-order valence-electron chi connectivity index (χ1n) is 29.1. The van der Waals surface area contributed by atoms with Crippen LogP contribution in [0.4, 0.5) is 0 Å². The average molecular weight is 973 g/mol. The summed E-state index contributed by atoms with van der Waals surface area (Å²) in [6.07, 6.45) is 77.4. The van der Waals surface area contributed by atoms with Crippen molar-refractivity contribution in [2.75, 3.05) is 6.61 Å². The van der Waals surface area contributed by atoms with E-state index in [1.165, 1.54) is 116 Å². The quantitative estimate of drug-likeness (QED) is 0.0321. The molecule has 0 rings (SSSR count). The van der Waals surface area contributed by atoms with Gasteiger partial charge in [0.2, 0.25) is 5.91 Å². The third-order valence-electron chi connectivity index (χ3n) is 12.6. The number of nitrogens with one attached hydrogen (secondary N) is 1. The van der Waals surface area contributed by atoms with Crippen LogP contribution in [0.1, 0.15) is 258 Å². The van der Waals surface area contributed by atoms with Crippen LogP contribution in [0.5, 0.6) is 0 Å². The first kappa shape index (κ1) is 66.5. The van der Waals surface area contributed by atoms with Gasteiger partial charge in [0.05, 0.1) is 25.2 Å². The molecule has 3 N–H and O–H groups in total. The molecule has 0 fully saturated rings. The zero-order chi connectivity index (χ0) is 50.9. The second kappa shape index (κ2) is 56.4. The Morgan fingerprint density at radius 2 is 0.800 bits per heavy atom. The molecule has 1 amide bonds. The van der Waals surface area contributed by atoms with Gasteiger partial charge in [0.1, 0.15) is 6.10 Å². The predicted octanol–water partition coefficient (Wildman–Crippen LogP) is 18.2. The van der Waals surface area contributed by atoms with Crippen molar-refractivity contribution in [2.24, 2.45) is 0 Å². The van der Waals surface area contributed by atoms with Gasteiger partial charge in [-0.25, -0.2) is 0 Å². The van der Waals surface area contributed by atoms with Crippen LogP contribution in [0, 0.1) is 0 Å². The van der Waals surface area contributed by atoms with Gasteiger partial charge >= 0.3 is 5.97 Å². The first-order chi connectivity index (χ1) is 34.5. The highest BCUT2D eigenvalue weighted by Crippen LogP contribution is 2.16. The summed E-state index contributed by atoms with van der Waals surface area (Å²) in [7, 11) is 0. The molecule has 70 heavy (non-hydrogen) atoms. The number of allylic oxidation sites excluding steroid dienone is 17. The second-order valence-electron chi connectivity index (χ2n) is 19.3. The van der Waals surface area contributed by atoms with Gasteiger partial charge in [-0.05, 0) is 89.9 Å². The molecule has 0 saturated carbocycles. The fourth-order valence-corrected chi connectivity index (χ4v) is 8.20. The Kier molecular flexibility index (Phi) is 53.6. The third-order valence-corrected chi connectivity index (χ3v) is 12.6. The minimum atomic E-state index is -0.826. The lowest BCUT2D eigenvalue weighted by molar-refractivity contribution is -0.150. The molecule has 400 valence electrons. The Balaban J connectivity index is 4.72. The van der Waals surface area contributed by atoms with Crippen molar-refractivity contribution in [1.29, 1.82) is 0 Å². The monoisotopic (exact) mass is 972 g/mol. The average Bonchev–Trinajstić information content (AvgIpc) is 3.35. The summed E-state index contributed by atoms with van der Waals surface area (Å²) in [5, 5.41) is 23.9. The lowest BCUT2D eigenvalue weighted by Crippen LogP contribution is -2.46.